The van der Waals surface area contributed by atoms with Crippen molar-refractivity contribution in [3.63, 3.8) is 0 Å². The lowest BCUT2D eigenvalue weighted by Gasteiger charge is -2.26. The molecule has 8 heteroatoms. The monoisotopic (exact) mass is 758 g/mol. The highest BCUT2D eigenvalue weighted by atomic mass is 15.3. The molecule has 7 aromatic carbocycles. The van der Waals surface area contributed by atoms with Crippen LogP contribution >= 0.6 is 0 Å². The van der Waals surface area contributed by atoms with E-state index in [0.717, 1.165) is 73.6 Å². The summed E-state index contributed by atoms with van der Waals surface area (Å²) < 4.78 is 0. The SMILES string of the molecule is CCC1Nc2ccc(C#N)cc2N1c1ccc(-c2c(C#N)cc(C#N)cc2-c2cccc(-c3cccc(-c4nc(-c5ccccc5)nc(-c5ccccc5)n4)c3)c2)cc1. The second-order valence-electron chi connectivity index (χ2n) is 14.2. The molecule has 8 nitrogen and oxygen atoms in total. The summed E-state index contributed by atoms with van der Waals surface area (Å²) in [6.45, 7) is 2.12. The summed E-state index contributed by atoms with van der Waals surface area (Å²) in [6, 6.07) is 60.4. The fourth-order valence-corrected chi connectivity index (χ4v) is 7.70. The van der Waals surface area contributed by atoms with Crippen LogP contribution in [0.1, 0.15) is 30.0 Å². The van der Waals surface area contributed by atoms with Crippen molar-refractivity contribution in [1.29, 1.82) is 15.8 Å². The summed E-state index contributed by atoms with van der Waals surface area (Å²) in [5.41, 5.74) is 12.1. The molecule has 1 unspecified atom stereocenters. The molecule has 9 rings (SSSR count). The van der Waals surface area contributed by atoms with Gasteiger partial charge < -0.3 is 10.2 Å². The first-order valence-electron chi connectivity index (χ1n) is 19.3. The number of aromatic nitrogens is 3. The van der Waals surface area contributed by atoms with Crippen LogP contribution in [0.5, 0.6) is 0 Å². The van der Waals surface area contributed by atoms with Gasteiger partial charge in [0.1, 0.15) is 6.17 Å². The van der Waals surface area contributed by atoms with Crippen molar-refractivity contribution in [2.75, 3.05) is 10.2 Å². The number of nitriles is 3. The summed E-state index contributed by atoms with van der Waals surface area (Å²) in [7, 11) is 0. The lowest BCUT2D eigenvalue weighted by atomic mass is 9.88. The van der Waals surface area contributed by atoms with E-state index in [1.807, 2.05) is 133 Å². The maximum atomic E-state index is 10.5. The fraction of sp³-hybridized carbons (Fsp3) is 0.0588. The summed E-state index contributed by atoms with van der Waals surface area (Å²) >= 11 is 0. The molecule has 1 aromatic heterocycles. The Bertz CT molecular complexity index is 2940. The number of hydrogen-bond donors (Lipinski definition) is 1. The Kier molecular flexibility index (Phi) is 9.61. The average molecular weight is 759 g/mol. The van der Waals surface area contributed by atoms with Gasteiger partial charge in [-0.05, 0) is 88.8 Å². The number of anilines is 3. The second-order valence-corrected chi connectivity index (χ2v) is 14.2. The summed E-state index contributed by atoms with van der Waals surface area (Å²) in [5, 5.41) is 33.7. The van der Waals surface area contributed by atoms with Gasteiger partial charge in [-0.2, -0.15) is 15.8 Å². The molecule has 1 N–H and O–H groups in total. The molecule has 0 saturated carbocycles. The van der Waals surface area contributed by atoms with E-state index in [4.69, 9.17) is 15.0 Å². The Balaban J connectivity index is 1.11. The van der Waals surface area contributed by atoms with Crippen LogP contribution < -0.4 is 10.2 Å². The van der Waals surface area contributed by atoms with Gasteiger partial charge in [-0.3, -0.25) is 0 Å². The highest BCUT2D eigenvalue weighted by Crippen LogP contribution is 2.43. The average Bonchev–Trinajstić information content (AvgIpc) is 3.69. The predicted molar refractivity (Wildman–Crippen MR) is 233 cm³/mol. The van der Waals surface area contributed by atoms with E-state index < -0.39 is 0 Å². The maximum Gasteiger partial charge on any atom is 0.164 e. The van der Waals surface area contributed by atoms with Crippen molar-refractivity contribution in [3.05, 3.63) is 180 Å². The second kappa shape index (κ2) is 15.6. The van der Waals surface area contributed by atoms with E-state index in [2.05, 4.69) is 59.6 Å². The van der Waals surface area contributed by atoms with Crippen molar-refractivity contribution < 1.29 is 0 Å². The predicted octanol–water partition coefficient (Wildman–Crippen LogP) is 11.8. The van der Waals surface area contributed by atoms with Crippen LogP contribution in [0, 0.1) is 34.0 Å². The van der Waals surface area contributed by atoms with Crippen molar-refractivity contribution in [2.45, 2.75) is 19.5 Å². The molecule has 278 valence electrons. The zero-order valence-electron chi connectivity index (χ0n) is 32.0. The molecular weight excluding hydrogens is 725 g/mol. The fourth-order valence-electron chi connectivity index (χ4n) is 7.70. The number of nitrogens with zero attached hydrogens (tertiary/aromatic N) is 7. The van der Waals surface area contributed by atoms with Gasteiger partial charge in [-0.15, -0.1) is 0 Å². The Hall–Kier alpha value is -8.38. The highest BCUT2D eigenvalue weighted by molar-refractivity contribution is 5.91. The van der Waals surface area contributed by atoms with Gasteiger partial charge in [0.15, 0.2) is 17.5 Å². The number of fused-ring (bicyclic) bond motifs is 1. The van der Waals surface area contributed by atoms with Crippen LogP contribution in [-0.2, 0) is 0 Å². The van der Waals surface area contributed by atoms with Crippen LogP contribution in [0.2, 0.25) is 0 Å². The molecule has 2 heterocycles. The van der Waals surface area contributed by atoms with Gasteiger partial charge in [0.05, 0.1) is 46.3 Å². The Morgan fingerprint density at radius 1 is 0.508 bits per heavy atom. The largest absolute Gasteiger partial charge is 0.363 e. The first-order chi connectivity index (χ1) is 29.0. The minimum Gasteiger partial charge on any atom is -0.363 e. The van der Waals surface area contributed by atoms with Crippen LogP contribution in [-0.4, -0.2) is 21.1 Å². The van der Waals surface area contributed by atoms with E-state index in [-0.39, 0.29) is 6.17 Å². The van der Waals surface area contributed by atoms with E-state index in [1.165, 1.54) is 0 Å². The maximum absolute atomic E-state index is 10.5. The molecule has 0 fully saturated rings. The molecule has 0 spiro atoms. The normalized spacial score (nSPS) is 12.8. The number of rotatable bonds is 8. The summed E-state index contributed by atoms with van der Waals surface area (Å²) in [6.07, 6.45) is 0.864. The van der Waals surface area contributed by atoms with Gasteiger partial charge in [0.25, 0.3) is 0 Å². The molecule has 1 aliphatic rings. The number of benzene rings is 7. The first-order valence-corrected chi connectivity index (χ1v) is 19.3. The standard InChI is InChI=1S/C51H34N8/c1-2-47-55-45-24-19-33(30-52)27-46(45)59(47)43-22-20-35(21-23-43)48-42(32-54)25-34(31-53)26-44(48)40-17-9-15-38(28-40)39-16-10-18-41(29-39)51-57-49(36-11-5-3-6-12-36)56-50(58-51)37-13-7-4-8-14-37/h3-29,47,55H,2H2,1H3. The molecule has 0 aliphatic carbocycles. The van der Waals surface area contributed by atoms with Crippen molar-refractivity contribution in [2.24, 2.45) is 0 Å². The molecular formula is C51H34N8. The van der Waals surface area contributed by atoms with Crippen molar-refractivity contribution >= 4 is 17.1 Å². The van der Waals surface area contributed by atoms with Crippen LogP contribution in [0.3, 0.4) is 0 Å². The number of hydrogen-bond acceptors (Lipinski definition) is 8. The van der Waals surface area contributed by atoms with Gasteiger partial charge in [-0.25, -0.2) is 15.0 Å². The zero-order chi connectivity index (χ0) is 40.3. The molecule has 1 aliphatic heterocycles. The Morgan fingerprint density at radius 2 is 1.07 bits per heavy atom. The minimum atomic E-state index is 0.0214. The third-order valence-corrected chi connectivity index (χ3v) is 10.6. The van der Waals surface area contributed by atoms with Gasteiger partial charge in [0, 0.05) is 27.9 Å². The molecule has 1 atom stereocenters. The van der Waals surface area contributed by atoms with E-state index in [0.29, 0.717) is 34.2 Å². The summed E-state index contributed by atoms with van der Waals surface area (Å²) in [4.78, 5) is 16.9. The smallest absolute Gasteiger partial charge is 0.164 e. The quantitative estimate of drug-likeness (QED) is 0.162. The lowest BCUT2D eigenvalue weighted by Crippen LogP contribution is -2.30. The minimum absolute atomic E-state index is 0.0214. The molecule has 0 saturated heterocycles. The zero-order valence-corrected chi connectivity index (χ0v) is 32.0. The van der Waals surface area contributed by atoms with Crippen LogP contribution in [0.25, 0.3) is 67.5 Å². The van der Waals surface area contributed by atoms with E-state index in [1.54, 1.807) is 6.07 Å². The number of nitrogens with one attached hydrogen (secondary N) is 1. The third-order valence-electron chi connectivity index (χ3n) is 10.6. The Morgan fingerprint density at radius 3 is 1.66 bits per heavy atom. The van der Waals surface area contributed by atoms with E-state index >= 15 is 0 Å². The topological polar surface area (TPSA) is 125 Å². The lowest BCUT2D eigenvalue weighted by molar-refractivity contribution is 0.728. The highest BCUT2D eigenvalue weighted by Gasteiger charge is 2.29. The molecule has 8 aromatic rings. The van der Waals surface area contributed by atoms with Crippen molar-refractivity contribution in [3.8, 4) is 85.8 Å². The van der Waals surface area contributed by atoms with Gasteiger partial charge in [0.2, 0.25) is 0 Å². The third kappa shape index (κ3) is 7.02. The Labute approximate surface area is 342 Å². The molecule has 0 radical (unpaired) electrons. The van der Waals surface area contributed by atoms with Crippen LogP contribution in [0.15, 0.2) is 164 Å². The van der Waals surface area contributed by atoms with Crippen molar-refractivity contribution in [1.82, 2.24) is 15.0 Å². The first kappa shape index (κ1) is 36.3. The van der Waals surface area contributed by atoms with E-state index in [9.17, 15) is 15.8 Å². The van der Waals surface area contributed by atoms with Gasteiger partial charge >= 0.3 is 0 Å². The summed E-state index contributed by atoms with van der Waals surface area (Å²) in [5.74, 6) is 1.74. The van der Waals surface area contributed by atoms with Crippen LogP contribution in [0.4, 0.5) is 17.1 Å². The molecule has 59 heavy (non-hydrogen) atoms. The van der Waals surface area contributed by atoms with Gasteiger partial charge in [-0.1, -0.05) is 116 Å². The molecule has 0 amide bonds. The molecule has 0 bridgehead atoms.